The first kappa shape index (κ1) is 20.2. The number of nitrogens with one attached hydrogen (secondary N) is 1. The van der Waals surface area contributed by atoms with E-state index < -0.39 is 0 Å². The van der Waals surface area contributed by atoms with Gasteiger partial charge >= 0.3 is 0 Å². The maximum absolute atomic E-state index is 13.6. The van der Waals surface area contributed by atoms with Crippen molar-refractivity contribution < 1.29 is 14.0 Å². The van der Waals surface area contributed by atoms with E-state index in [9.17, 15) is 14.0 Å². The molecule has 152 valence electrons. The van der Waals surface area contributed by atoms with E-state index in [1.807, 2.05) is 54.6 Å². The van der Waals surface area contributed by atoms with Gasteiger partial charge in [0.05, 0.1) is 5.75 Å². The number of benzene rings is 3. The van der Waals surface area contributed by atoms with Crippen molar-refractivity contribution in [1.29, 1.82) is 0 Å². The van der Waals surface area contributed by atoms with Gasteiger partial charge in [0.2, 0.25) is 11.8 Å². The summed E-state index contributed by atoms with van der Waals surface area (Å²) in [5.74, 6) is -0.115. The minimum absolute atomic E-state index is 0.0431. The zero-order valence-electron chi connectivity index (χ0n) is 16.3. The highest BCUT2D eigenvalue weighted by atomic mass is 32.2. The molecule has 1 fully saturated rings. The van der Waals surface area contributed by atoms with Crippen LogP contribution in [-0.2, 0) is 16.0 Å². The van der Waals surface area contributed by atoms with Gasteiger partial charge < -0.3 is 5.32 Å². The van der Waals surface area contributed by atoms with Gasteiger partial charge in [-0.15, -0.1) is 11.8 Å². The molecule has 2 amide bonds. The molecule has 1 atom stereocenters. The minimum atomic E-state index is -0.371. The number of amides is 2. The molecule has 3 aromatic carbocycles. The van der Waals surface area contributed by atoms with Crippen molar-refractivity contribution in [3.05, 3.63) is 95.8 Å². The summed E-state index contributed by atoms with van der Waals surface area (Å²) in [6.45, 7) is 0. The maximum atomic E-state index is 13.6. The molecule has 4 rings (SSSR count). The molecule has 0 spiro atoms. The summed E-state index contributed by atoms with van der Waals surface area (Å²) < 4.78 is 13.6. The molecule has 6 heteroatoms. The highest BCUT2D eigenvalue weighted by molar-refractivity contribution is 8.00. The molecule has 0 aliphatic carbocycles. The van der Waals surface area contributed by atoms with Crippen molar-refractivity contribution in [1.82, 2.24) is 0 Å². The Labute approximate surface area is 179 Å². The van der Waals surface area contributed by atoms with Crippen LogP contribution in [0.4, 0.5) is 15.8 Å². The van der Waals surface area contributed by atoms with E-state index in [1.165, 1.54) is 23.9 Å². The fraction of sp³-hybridized carbons (Fsp3) is 0.167. The summed E-state index contributed by atoms with van der Waals surface area (Å²) in [5.41, 5.74) is 3.32. The first-order chi connectivity index (χ1) is 14.6. The lowest BCUT2D eigenvalue weighted by Crippen LogP contribution is -2.27. The van der Waals surface area contributed by atoms with E-state index in [4.69, 9.17) is 0 Å². The van der Waals surface area contributed by atoms with Crippen LogP contribution in [0.5, 0.6) is 0 Å². The van der Waals surface area contributed by atoms with Crippen molar-refractivity contribution in [2.24, 2.45) is 0 Å². The molecular weight excluding hydrogens is 399 g/mol. The van der Waals surface area contributed by atoms with Gasteiger partial charge in [-0.05, 0) is 47.9 Å². The molecular formula is C24H21FN2O2S. The Hall–Kier alpha value is -3.12. The Bertz CT molecular complexity index is 1040. The number of aryl methyl sites for hydroxylation is 1. The molecule has 0 aromatic heterocycles. The molecule has 0 saturated carbocycles. The predicted octanol–water partition coefficient (Wildman–Crippen LogP) is 5.18. The van der Waals surface area contributed by atoms with Crippen LogP contribution in [-0.4, -0.2) is 17.6 Å². The van der Waals surface area contributed by atoms with Gasteiger partial charge in [-0.25, -0.2) is 4.39 Å². The molecule has 1 N–H and O–H groups in total. The summed E-state index contributed by atoms with van der Waals surface area (Å²) >= 11 is 1.50. The second kappa shape index (κ2) is 9.13. The molecule has 1 aliphatic rings. The third kappa shape index (κ3) is 4.71. The monoisotopic (exact) mass is 420 g/mol. The van der Waals surface area contributed by atoms with E-state index in [2.05, 4.69) is 5.32 Å². The summed E-state index contributed by atoms with van der Waals surface area (Å²) in [7, 11) is 0. The SMILES string of the molecule is O=C(CCc1ccccc1)Nc1ccc([C@H]2SCC(=O)N2c2cccc(F)c2)cc1. The first-order valence-electron chi connectivity index (χ1n) is 9.73. The molecule has 30 heavy (non-hydrogen) atoms. The lowest BCUT2D eigenvalue weighted by molar-refractivity contribution is -0.116. The molecule has 1 aliphatic heterocycles. The van der Waals surface area contributed by atoms with E-state index in [0.29, 0.717) is 30.0 Å². The molecule has 0 bridgehead atoms. The van der Waals surface area contributed by atoms with Crippen molar-refractivity contribution in [2.75, 3.05) is 16.0 Å². The summed E-state index contributed by atoms with van der Waals surface area (Å²) in [6.07, 6.45) is 1.10. The highest BCUT2D eigenvalue weighted by Crippen LogP contribution is 2.42. The Morgan fingerprint density at radius 3 is 2.53 bits per heavy atom. The Morgan fingerprint density at radius 1 is 1.03 bits per heavy atom. The van der Waals surface area contributed by atoms with Gasteiger partial charge in [0, 0.05) is 17.8 Å². The third-order valence-corrected chi connectivity index (χ3v) is 6.13. The zero-order valence-corrected chi connectivity index (χ0v) is 17.1. The van der Waals surface area contributed by atoms with Gasteiger partial charge in [-0.2, -0.15) is 0 Å². The summed E-state index contributed by atoms with van der Waals surface area (Å²) in [6, 6.07) is 23.4. The Morgan fingerprint density at radius 2 is 1.80 bits per heavy atom. The van der Waals surface area contributed by atoms with Crippen LogP contribution in [0.3, 0.4) is 0 Å². The van der Waals surface area contributed by atoms with E-state index in [0.717, 1.165) is 11.1 Å². The van der Waals surface area contributed by atoms with Crippen LogP contribution < -0.4 is 10.2 Å². The second-order valence-corrected chi connectivity index (χ2v) is 8.13. The predicted molar refractivity (Wildman–Crippen MR) is 119 cm³/mol. The van der Waals surface area contributed by atoms with Gasteiger partial charge in [0.15, 0.2) is 0 Å². The average Bonchev–Trinajstić information content (AvgIpc) is 3.15. The topological polar surface area (TPSA) is 49.4 Å². The largest absolute Gasteiger partial charge is 0.326 e. The fourth-order valence-corrected chi connectivity index (χ4v) is 4.61. The number of carbonyl (C=O) groups is 2. The number of hydrogen-bond donors (Lipinski definition) is 1. The number of nitrogens with zero attached hydrogens (tertiary/aromatic N) is 1. The summed E-state index contributed by atoms with van der Waals surface area (Å²) in [5, 5.41) is 2.69. The van der Waals surface area contributed by atoms with Crippen LogP contribution in [0.2, 0.25) is 0 Å². The van der Waals surface area contributed by atoms with Gasteiger partial charge in [0.25, 0.3) is 0 Å². The summed E-state index contributed by atoms with van der Waals surface area (Å²) in [4.78, 5) is 26.3. The smallest absolute Gasteiger partial charge is 0.238 e. The van der Waals surface area contributed by atoms with Crippen molar-refractivity contribution >= 4 is 35.0 Å². The second-order valence-electron chi connectivity index (χ2n) is 7.06. The molecule has 0 radical (unpaired) electrons. The van der Waals surface area contributed by atoms with Crippen LogP contribution in [0.1, 0.15) is 22.9 Å². The fourth-order valence-electron chi connectivity index (χ4n) is 3.43. The average molecular weight is 421 g/mol. The number of halogens is 1. The number of anilines is 2. The normalized spacial score (nSPS) is 16.0. The zero-order chi connectivity index (χ0) is 20.9. The lowest BCUT2D eigenvalue weighted by Gasteiger charge is -2.24. The minimum Gasteiger partial charge on any atom is -0.326 e. The van der Waals surface area contributed by atoms with Gasteiger partial charge in [-0.1, -0.05) is 48.5 Å². The van der Waals surface area contributed by atoms with Crippen molar-refractivity contribution in [3.8, 4) is 0 Å². The maximum Gasteiger partial charge on any atom is 0.238 e. The standard InChI is InChI=1S/C24H21FN2O2S/c25-19-7-4-8-21(15-19)27-23(29)16-30-24(27)18-10-12-20(13-11-18)26-22(28)14-9-17-5-2-1-3-6-17/h1-8,10-13,15,24H,9,14,16H2,(H,26,28)/t24-/m1/s1. The van der Waals surface area contributed by atoms with Crippen LogP contribution >= 0.6 is 11.8 Å². The van der Waals surface area contributed by atoms with Crippen LogP contribution in [0.15, 0.2) is 78.9 Å². The Kier molecular flexibility index (Phi) is 6.14. The molecule has 1 heterocycles. The van der Waals surface area contributed by atoms with Crippen LogP contribution in [0.25, 0.3) is 0 Å². The van der Waals surface area contributed by atoms with E-state index >= 15 is 0 Å². The number of carbonyl (C=O) groups excluding carboxylic acids is 2. The van der Waals surface area contributed by atoms with Gasteiger partial charge in [-0.3, -0.25) is 14.5 Å². The van der Waals surface area contributed by atoms with Crippen LogP contribution in [0, 0.1) is 5.82 Å². The first-order valence-corrected chi connectivity index (χ1v) is 10.8. The number of thioether (sulfide) groups is 1. The van der Waals surface area contributed by atoms with Gasteiger partial charge in [0.1, 0.15) is 11.2 Å². The molecule has 0 unspecified atom stereocenters. The number of hydrogen-bond acceptors (Lipinski definition) is 3. The Balaban J connectivity index is 1.41. The molecule has 1 saturated heterocycles. The van der Waals surface area contributed by atoms with Crippen molar-refractivity contribution in [2.45, 2.75) is 18.2 Å². The van der Waals surface area contributed by atoms with Crippen molar-refractivity contribution in [3.63, 3.8) is 0 Å². The molecule has 3 aromatic rings. The third-order valence-electron chi connectivity index (χ3n) is 4.92. The van der Waals surface area contributed by atoms with E-state index in [1.54, 1.807) is 17.0 Å². The lowest BCUT2D eigenvalue weighted by atomic mass is 10.1. The molecule has 4 nitrogen and oxygen atoms in total. The van der Waals surface area contributed by atoms with E-state index in [-0.39, 0.29) is 23.0 Å². The quantitative estimate of drug-likeness (QED) is 0.598. The number of rotatable bonds is 6. The highest BCUT2D eigenvalue weighted by Gasteiger charge is 2.34.